The van der Waals surface area contributed by atoms with E-state index in [9.17, 15) is 19.3 Å². The molecule has 0 saturated carbocycles. The van der Waals surface area contributed by atoms with Crippen molar-refractivity contribution in [2.75, 3.05) is 6.54 Å². The SMILES string of the molecule is CC(C)(C)OC(=O)C(NC(=O)[C@@H](N)CCCCN)(C(=O)OC(C)(C)C)C1=c2c(c3c(c4c2=CCC4)[N+](=O)C2=C3CCCC2)C=N1. The van der Waals surface area contributed by atoms with Crippen molar-refractivity contribution in [2.24, 2.45) is 16.5 Å². The first-order valence-corrected chi connectivity index (χ1v) is 16.0. The van der Waals surface area contributed by atoms with Crippen molar-refractivity contribution in [1.82, 2.24) is 5.32 Å². The van der Waals surface area contributed by atoms with E-state index in [-0.39, 0.29) is 5.70 Å². The molecular formula is C34H46N5O6+. The lowest BCUT2D eigenvalue weighted by Crippen LogP contribution is -2.66. The lowest BCUT2D eigenvalue weighted by atomic mass is 9.86. The van der Waals surface area contributed by atoms with Crippen molar-refractivity contribution < 1.29 is 28.6 Å². The first kappa shape index (κ1) is 32.7. The fourth-order valence-corrected chi connectivity index (χ4v) is 6.64. The Labute approximate surface area is 263 Å². The molecule has 5 N–H and O–H groups in total. The first-order valence-electron chi connectivity index (χ1n) is 16.0. The summed E-state index contributed by atoms with van der Waals surface area (Å²) in [5.74, 6) is -2.77. The molecule has 0 radical (unpaired) electrons. The number of unbranched alkanes of at least 4 members (excludes halogenated alkanes) is 1. The zero-order valence-corrected chi connectivity index (χ0v) is 27.3. The summed E-state index contributed by atoms with van der Waals surface area (Å²) in [7, 11) is 0. The van der Waals surface area contributed by atoms with E-state index in [0.717, 1.165) is 51.6 Å². The van der Waals surface area contributed by atoms with Crippen LogP contribution in [-0.4, -0.2) is 58.1 Å². The molecule has 0 unspecified atom stereocenters. The van der Waals surface area contributed by atoms with E-state index >= 15 is 0 Å². The van der Waals surface area contributed by atoms with Crippen LogP contribution in [0.2, 0.25) is 0 Å². The van der Waals surface area contributed by atoms with Crippen LogP contribution in [-0.2, 0) is 30.3 Å². The van der Waals surface area contributed by atoms with Gasteiger partial charge in [-0.3, -0.25) is 9.79 Å². The van der Waals surface area contributed by atoms with Crippen LogP contribution in [0.1, 0.15) is 110 Å². The fourth-order valence-electron chi connectivity index (χ4n) is 6.64. The Morgan fingerprint density at radius 3 is 2.27 bits per heavy atom. The highest BCUT2D eigenvalue weighted by Crippen LogP contribution is 2.47. The largest absolute Gasteiger partial charge is 0.457 e. The van der Waals surface area contributed by atoms with Gasteiger partial charge in [-0.2, -0.15) is 0 Å². The highest BCUT2D eigenvalue weighted by Gasteiger charge is 2.58. The summed E-state index contributed by atoms with van der Waals surface area (Å²) in [6.45, 7) is 10.5. The third-order valence-corrected chi connectivity index (χ3v) is 8.53. The van der Waals surface area contributed by atoms with Crippen LogP contribution in [0.15, 0.2) is 10.7 Å². The summed E-state index contributed by atoms with van der Waals surface area (Å²) in [5.41, 5.74) is 12.1. The van der Waals surface area contributed by atoms with Crippen LogP contribution < -0.4 is 27.2 Å². The predicted molar refractivity (Wildman–Crippen MR) is 172 cm³/mol. The molecule has 4 aliphatic rings. The number of hydrogen-bond donors (Lipinski definition) is 3. The number of rotatable bonds is 9. The summed E-state index contributed by atoms with van der Waals surface area (Å²) in [5, 5.41) is 3.98. The van der Waals surface area contributed by atoms with Gasteiger partial charge in [0.15, 0.2) is 0 Å². The molecule has 11 nitrogen and oxygen atoms in total. The van der Waals surface area contributed by atoms with Crippen molar-refractivity contribution in [3.8, 4) is 0 Å². The number of nitrogens with zero attached hydrogens (tertiary/aromatic N) is 2. The minimum atomic E-state index is -2.48. The van der Waals surface area contributed by atoms with Crippen LogP contribution in [0.4, 0.5) is 5.69 Å². The average Bonchev–Trinajstić information content (AvgIpc) is 3.66. The Bertz CT molecular complexity index is 1630. The second-order valence-electron chi connectivity index (χ2n) is 14.3. The van der Waals surface area contributed by atoms with Gasteiger partial charge in [0.25, 0.3) is 11.2 Å². The van der Waals surface area contributed by atoms with Gasteiger partial charge in [0, 0.05) is 39.5 Å². The highest BCUT2D eigenvalue weighted by molar-refractivity contribution is 6.19. The van der Waals surface area contributed by atoms with E-state index in [4.69, 9.17) is 25.9 Å². The Balaban J connectivity index is 1.82. The molecule has 0 spiro atoms. The molecule has 0 aromatic heterocycles. The fraction of sp³-hybridized carbons (Fsp3) is 0.588. The predicted octanol–water partition coefficient (Wildman–Crippen LogP) is 2.66. The maximum Gasteiger partial charge on any atom is 0.350 e. The van der Waals surface area contributed by atoms with E-state index < -0.39 is 40.6 Å². The molecule has 0 bridgehead atoms. The summed E-state index contributed by atoms with van der Waals surface area (Å²) in [4.78, 5) is 61.2. The summed E-state index contributed by atoms with van der Waals surface area (Å²) < 4.78 is 12.8. The molecule has 0 saturated heterocycles. The number of allylic oxidation sites excluding steroid dienone is 2. The maximum absolute atomic E-state index is 14.5. The second-order valence-corrected chi connectivity index (χ2v) is 14.3. The minimum Gasteiger partial charge on any atom is -0.457 e. The number of carbonyl (C=O) groups is 3. The van der Waals surface area contributed by atoms with E-state index in [1.807, 2.05) is 6.08 Å². The number of ether oxygens (including phenoxy) is 2. The van der Waals surface area contributed by atoms with Gasteiger partial charge in [0.1, 0.15) is 11.2 Å². The zero-order chi connectivity index (χ0) is 32.9. The summed E-state index contributed by atoms with van der Waals surface area (Å²) >= 11 is 0. The lowest BCUT2D eigenvalue weighted by molar-refractivity contribution is -0.406. The van der Waals surface area contributed by atoms with Gasteiger partial charge >= 0.3 is 11.9 Å². The first-order chi connectivity index (χ1) is 21.1. The molecule has 242 valence electrons. The van der Waals surface area contributed by atoms with Crippen molar-refractivity contribution in [2.45, 2.75) is 122 Å². The number of benzene rings is 1. The Morgan fingerprint density at radius 1 is 1.00 bits per heavy atom. The minimum absolute atomic E-state index is 0.00279. The monoisotopic (exact) mass is 620 g/mol. The van der Waals surface area contributed by atoms with Crippen molar-refractivity contribution in [3.05, 3.63) is 37.7 Å². The molecule has 5 rings (SSSR count). The highest BCUT2D eigenvalue weighted by atomic mass is 16.6. The van der Waals surface area contributed by atoms with Gasteiger partial charge in [-0.25, -0.2) is 9.59 Å². The van der Waals surface area contributed by atoms with E-state index in [0.29, 0.717) is 61.5 Å². The topological polar surface area (TPSA) is 166 Å². The summed E-state index contributed by atoms with van der Waals surface area (Å²) in [6.07, 6.45) is 9.78. The van der Waals surface area contributed by atoms with Crippen molar-refractivity contribution in [3.63, 3.8) is 0 Å². The standard InChI is InChI=1S/C34H45N5O6/c1-32(2,3)44-30(41)34(31(42)45-33(4,5)6,38-29(40)23(36)15-9-10-17-35)28-26-19-13-11-14-20(19)27-25(22(26)18-37-28)21-12-7-8-16-24(21)39(27)43/h13,18,23H,7-12,14-17,35-36H2,1-6H3/p+1/t23-/m0/s1. The average molecular weight is 621 g/mol. The molecule has 0 fully saturated rings. The van der Waals surface area contributed by atoms with Crippen LogP contribution in [0.3, 0.4) is 0 Å². The van der Waals surface area contributed by atoms with Gasteiger partial charge in [-0.1, -0.05) is 12.5 Å². The van der Waals surface area contributed by atoms with Gasteiger partial charge in [0.05, 0.1) is 22.1 Å². The number of nitrogens with two attached hydrogens (primary N) is 2. The van der Waals surface area contributed by atoms with Gasteiger partial charge < -0.3 is 26.3 Å². The van der Waals surface area contributed by atoms with E-state index in [1.165, 1.54) is 0 Å². The number of nitrogens with one attached hydrogen (secondary N) is 1. The number of fused-ring (bicyclic) bond motifs is 7. The molecule has 1 amide bonds. The molecule has 1 atom stereocenters. The Kier molecular flexibility index (Phi) is 8.65. The third-order valence-electron chi connectivity index (χ3n) is 8.53. The van der Waals surface area contributed by atoms with Crippen molar-refractivity contribution in [1.29, 1.82) is 0 Å². The van der Waals surface area contributed by atoms with E-state index in [1.54, 1.807) is 47.8 Å². The van der Waals surface area contributed by atoms with Crippen LogP contribution in [0.25, 0.3) is 17.3 Å². The van der Waals surface area contributed by atoms with E-state index in [2.05, 4.69) is 5.32 Å². The molecule has 1 aromatic rings. The van der Waals surface area contributed by atoms with Gasteiger partial charge in [0.2, 0.25) is 11.6 Å². The maximum atomic E-state index is 14.5. The zero-order valence-electron chi connectivity index (χ0n) is 27.3. The molecule has 11 heteroatoms. The number of esters is 2. The molecule has 2 aliphatic carbocycles. The van der Waals surface area contributed by atoms with Crippen LogP contribution in [0, 0.1) is 4.91 Å². The van der Waals surface area contributed by atoms with Crippen LogP contribution >= 0.6 is 0 Å². The molecule has 45 heavy (non-hydrogen) atoms. The quantitative estimate of drug-likeness (QED) is 0.164. The number of hydrogen-bond acceptors (Lipinski definition) is 9. The lowest BCUT2D eigenvalue weighted by Gasteiger charge is -2.35. The molecule has 2 heterocycles. The van der Waals surface area contributed by atoms with Crippen LogP contribution in [0.5, 0.6) is 0 Å². The Hall–Kier alpha value is -3.70. The smallest absolute Gasteiger partial charge is 0.350 e. The van der Waals surface area contributed by atoms with Gasteiger partial charge in [-0.15, -0.1) is 0 Å². The molecule has 2 aliphatic heterocycles. The number of aliphatic imine (C=N–C) groups is 1. The number of nitroso groups, excluding NO2 is 1. The number of carbonyl (C=O) groups excluding carboxylic acids is 3. The third kappa shape index (κ3) is 5.88. The molecular weight excluding hydrogens is 574 g/mol. The molecule has 1 aromatic carbocycles. The van der Waals surface area contributed by atoms with Gasteiger partial charge in [-0.05, 0) is 98.3 Å². The Morgan fingerprint density at radius 2 is 1.64 bits per heavy atom. The van der Waals surface area contributed by atoms with Crippen molar-refractivity contribution >= 4 is 47.1 Å². The number of amides is 1. The normalized spacial score (nSPS) is 17.8. The summed E-state index contributed by atoms with van der Waals surface area (Å²) in [6, 6.07) is -1.03. The second kappa shape index (κ2) is 11.9.